The van der Waals surface area contributed by atoms with Gasteiger partial charge in [0.05, 0.1) is 46.2 Å². The van der Waals surface area contributed by atoms with Crippen LogP contribution in [-0.4, -0.2) is 66.6 Å². The van der Waals surface area contributed by atoms with Gasteiger partial charge in [0.2, 0.25) is 0 Å². The van der Waals surface area contributed by atoms with Gasteiger partial charge in [-0.2, -0.15) is 0 Å². The summed E-state index contributed by atoms with van der Waals surface area (Å²) in [7, 11) is -2.52. The smallest absolute Gasteiger partial charge is 0.403 e. The number of ether oxygens (including phenoxy) is 4. The Balaban J connectivity index is 1.79. The van der Waals surface area contributed by atoms with E-state index in [1.165, 1.54) is 10.4 Å². The molecule has 0 atom stereocenters. The molecule has 0 aromatic heterocycles. The van der Waals surface area contributed by atoms with Gasteiger partial charge in [-0.25, -0.2) is 4.79 Å². The van der Waals surface area contributed by atoms with Crippen LogP contribution in [0.2, 0.25) is 5.04 Å². The minimum Gasteiger partial charge on any atom is -0.451 e. The van der Waals surface area contributed by atoms with E-state index in [0.717, 1.165) is 0 Å². The van der Waals surface area contributed by atoms with Crippen LogP contribution in [0.25, 0.3) is 0 Å². The molecule has 0 aliphatic carbocycles. The Hall–Kier alpha value is -1.74. The maximum absolute atomic E-state index is 10.4. The van der Waals surface area contributed by atoms with Gasteiger partial charge in [-0.05, 0) is 15.4 Å². The van der Waals surface area contributed by atoms with Crippen molar-refractivity contribution in [3.8, 4) is 0 Å². The highest BCUT2D eigenvalue weighted by atomic mass is 35.5. The minimum absolute atomic E-state index is 0.0547. The lowest BCUT2D eigenvalue weighted by Crippen LogP contribution is -2.66. The highest BCUT2D eigenvalue weighted by Crippen LogP contribution is 2.36. The second-order valence-electron chi connectivity index (χ2n) is 8.43. The first kappa shape index (κ1) is 27.5. The van der Waals surface area contributed by atoms with Gasteiger partial charge in [-0.3, -0.25) is 0 Å². The number of halogens is 1. The first-order valence-electron chi connectivity index (χ1n) is 11.2. The molecule has 2 aromatic rings. The fraction of sp³-hybridized carbons (Fsp3) is 0.480. The molecule has 8 heteroatoms. The first-order valence-corrected chi connectivity index (χ1v) is 13.5. The largest absolute Gasteiger partial charge is 0.451 e. The molecule has 0 aliphatic heterocycles. The van der Waals surface area contributed by atoms with E-state index in [2.05, 4.69) is 74.0 Å². The molecule has 0 amide bonds. The Bertz CT molecular complexity index is 758. The van der Waals surface area contributed by atoms with E-state index < -0.39 is 13.7 Å². The molecule has 0 spiro atoms. The van der Waals surface area contributed by atoms with Crippen LogP contribution in [0.15, 0.2) is 60.7 Å². The van der Waals surface area contributed by atoms with Crippen LogP contribution in [0, 0.1) is 0 Å². The molecule has 2 aromatic carbocycles. The standard InChI is InChI=1S/C25H35ClO6Si/c1-25(2,3)33(22-10-6-4-7-11-22,23-12-8-5-9-13-23)32-21-19-30-17-15-28-14-16-29-18-20-31-24(26)27/h4-13H,14-21H2,1-3H3. The normalized spacial score (nSPS) is 12.0. The molecule has 0 saturated carbocycles. The lowest BCUT2D eigenvalue weighted by molar-refractivity contribution is 0.00263. The summed E-state index contributed by atoms with van der Waals surface area (Å²) >= 11 is 5.06. The lowest BCUT2D eigenvalue weighted by Gasteiger charge is -2.43. The Labute approximate surface area is 203 Å². The van der Waals surface area contributed by atoms with Crippen LogP contribution in [-0.2, 0) is 23.4 Å². The third kappa shape index (κ3) is 8.85. The predicted octanol–water partition coefficient (Wildman–Crippen LogP) is 3.99. The van der Waals surface area contributed by atoms with Gasteiger partial charge >= 0.3 is 5.43 Å². The van der Waals surface area contributed by atoms with E-state index in [4.69, 9.17) is 30.2 Å². The Morgan fingerprint density at radius 1 is 0.697 bits per heavy atom. The zero-order valence-electron chi connectivity index (χ0n) is 19.8. The van der Waals surface area contributed by atoms with Gasteiger partial charge in [0, 0.05) is 11.6 Å². The summed E-state index contributed by atoms with van der Waals surface area (Å²) in [4.78, 5) is 10.4. The molecular weight excluding hydrogens is 460 g/mol. The summed E-state index contributed by atoms with van der Waals surface area (Å²) in [6.07, 6.45) is 0. The molecule has 0 bridgehead atoms. The van der Waals surface area contributed by atoms with Crippen molar-refractivity contribution in [1.29, 1.82) is 0 Å². The lowest BCUT2D eigenvalue weighted by atomic mass is 10.2. The van der Waals surface area contributed by atoms with Gasteiger partial charge in [-0.1, -0.05) is 81.4 Å². The predicted molar refractivity (Wildman–Crippen MR) is 133 cm³/mol. The van der Waals surface area contributed by atoms with Gasteiger partial charge in [0.15, 0.2) is 0 Å². The maximum Gasteiger partial charge on any atom is 0.403 e. The fourth-order valence-electron chi connectivity index (χ4n) is 3.74. The van der Waals surface area contributed by atoms with Crippen LogP contribution in [0.5, 0.6) is 0 Å². The summed E-state index contributed by atoms with van der Waals surface area (Å²) in [5.74, 6) is 0. The van der Waals surface area contributed by atoms with Crippen molar-refractivity contribution in [2.75, 3.05) is 52.9 Å². The van der Waals surface area contributed by atoms with Crippen molar-refractivity contribution in [3.05, 3.63) is 60.7 Å². The van der Waals surface area contributed by atoms with E-state index in [1.807, 2.05) is 12.1 Å². The van der Waals surface area contributed by atoms with Crippen LogP contribution < -0.4 is 10.4 Å². The summed E-state index contributed by atoms with van der Waals surface area (Å²) < 4.78 is 27.8. The summed E-state index contributed by atoms with van der Waals surface area (Å²) in [5, 5.41) is 2.46. The third-order valence-electron chi connectivity index (χ3n) is 5.15. The SMILES string of the molecule is CC(C)(C)[Si](OCCOCCOCCOCCOC(=O)Cl)(c1ccccc1)c1ccccc1. The number of carbonyl (C=O) groups is 1. The molecule has 0 N–H and O–H groups in total. The number of benzene rings is 2. The Morgan fingerprint density at radius 2 is 1.09 bits per heavy atom. The Kier molecular flexibility index (Phi) is 12.1. The van der Waals surface area contributed by atoms with Crippen molar-refractivity contribution in [2.24, 2.45) is 0 Å². The molecule has 182 valence electrons. The second-order valence-corrected chi connectivity index (χ2v) is 13.0. The van der Waals surface area contributed by atoms with Crippen LogP contribution in [0.3, 0.4) is 0 Å². The first-order chi connectivity index (χ1) is 15.9. The van der Waals surface area contributed by atoms with Crippen LogP contribution >= 0.6 is 11.6 Å². The molecule has 0 heterocycles. The van der Waals surface area contributed by atoms with E-state index in [9.17, 15) is 4.79 Å². The van der Waals surface area contributed by atoms with Gasteiger partial charge in [0.1, 0.15) is 6.61 Å². The van der Waals surface area contributed by atoms with Crippen molar-refractivity contribution < 1.29 is 28.2 Å². The average Bonchev–Trinajstić information content (AvgIpc) is 2.79. The highest BCUT2D eigenvalue weighted by Gasteiger charge is 2.49. The zero-order valence-corrected chi connectivity index (χ0v) is 21.5. The number of hydrogen-bond acceptors (Lipinski definition) is 6. The fourth-order valence-corrected chi connectivity index (χ4v) is 8.36. The molecule has 0 aliphatic rings. The summed E-state index contributed by atoms with van der Waals surface area (Å²) in [5.41, 5.74) is -0.828. The van der Waals surface area contributed by atoms with Gasteiger partial charge < -0.3 is 23.4 Å². The summed E-state index contributed by atoms with van der Waals surface area (Å²) in [6.45, 7) is 10.0. The monoisotopic (exact) mass is 494 g/mol. The molecule has 0 saturated heterocycles. The van der Waals surface area contributed by atoms with Crippen molar-refractivity contribution in [1.82, 2.24) is 0 Å². The van der Waals surface area contributed by atoms with Crippen LogP contribution in [0.4, 0.5) is 4.79 Å². The summed E-state index contributed by atoms with van der Waals surface area (Å²) in [6, 6.07) is 21.1. The molecule has 0 radical (unpaired) electrons. The van der Waals surface area contributed by atoms with Gasteiger partial charge in [-0.15, -0.1) is 0 Å². The average molecular weight is 495 g/mol. The second kappa shape index (κ2) is 14.5. The molecule has 33 heavy (non-hydrogen) atoms. The third-order valence-corrected chi connectivity index (χ3v) is 10.3. The number of rotatable bonds is 15. The quantitative estimate of drug-likeness (QED) is 0.212. The van der Waals surface area contributed by atoms with Crippen molar-refractivity contribution in [2.45, 2.75) is 25.8 Å². The van der Waals surface area contributed by atoms with Gasteiger partial charge in [0.25, 0.3) is 8.32 Å². The minimum atomic E-state index is -2.52. The number of carbonyl (C=O) groups excluding carboxylic acids is 1. The van der Waals surface area contributed by atoms with Crippen LogP contribution in [0.1, 0.15) is 20.8 Å². The molecule has 0 unspecified atom stereocenters. The molecule has 2 rings (SSSR count). The molecule has 6 nitrogen and oxygen atoms in total. The maximum atomic E-state index is 10.4. The van der Waals surface area contributed by atoms with E-state index >= 15 is 0 Å². The Morgan fingerprint density at radius 3 is 1.48 bits per heavy atom. The highest BCUT2D eigenvalue weighted by molar-refractivity contribution is 6.99. The zero-order chi connectivity index (χ0) is 24.0. The topological polar surface area (TPSA) is 63.2 Å². The van der Waals surface area contributed by atoms with E-state index in [0.29, 0.717) is 39.6 Å². The molecular formula is C25H35ClO6Si. The van der Waals surface area contributed by atoms with E-state index in [-0.39, 0.29) is 18.3 Å². The van der Waals surface area contributed by atoms with Crippen molar-refractivity contribution >= 4 is 35.7 Å². The van der Waals surface area contributed by atoms with E-state index in [1.54, 1.807) is 0 Å². The van der Waals surface area contributed by atoms with Crippen molar-refractivity contribution in [3.63, 3.8) is 0 Å². The molecule has 0 fully saturated rings. The number of hydrogen-bond donors (Lipinski definition) is 0.